The fourth-order valence-corrected chi connectivity index (χ4v) is 13.9. The zero-order valence-corrected chi connectivity index (χ0v) is 70.1. The number of benzene rings is 3. The zero-order chi connectivity index (χ0) is 84.6. The van der Waals surface area contributed by atoms with Crippen LogP contribution in [0.2, 0.25) is 15.1 Å². The molecule has 2 aliphatic carbocycles. The van der Waals surface area contributed by atoms with Crippen molar-refractivity contribution in [2.45, 2.75) is 188 Å². The highest BCUT2D eigenvalue weighted by atomic mass is 35.5. The van der Waals surface area contributed by atoms with Crippen molar-refractivity contribution in [3.05, 3.63) is 153 Å². The van der Waals surface area contributed by atoms with Gasteiger partial charge in [0.15, 0.2) is 0 Å². The number of methoxy groups -OCH3 is 3. The highest BCUT2D eigenvalue weighted by Crippen LogP contribution is 2.31. The lowest BCUT2D eigenvalue weighted by Gasteiger charge is -2.43. The molecule has 7 atom stereocenters. The summed E-state index contributed by atoms with van der Waals surface area (Å²) >= 11 is 17.5. The van der Waals surface area contributed by atoms with Crippen LogP contribution in [-0.2, 0) is 65.6 Å². The molecule has 0 unspecified atom stereocenters. The van der Waals surface area contributed by atoms with E-state index in [1.807, 2.05) is 82.8 Å². The first-order chi connectivity index (χ1) is 54.5. The van der Waals surface area contributed by atoms with Crippen molar-refractivity contribution in [2.75, 3.05) is 80.2 Å². The van der Waals surface area contributed by atoms with Crippen molar-refractivity contribution >= 4 is 101 Å². The summed E-state index contributed by atoms with van der Waals surface area (Å²) < 4.78 is 19.8. The minimum Gasteiger partial charge on any atom is -0.480 e. The summed E-state index contributed by atoms with van der Waals surface area (Å²) in [6, 6.07) is 16.9. The van der Waals surface area contributed by atoms with E-state index in [1.54, 1.807) is 62.1 Å². The highest BCUT2D eigenvalue weighted by Gasteiger charge is 2.44. The van der Waals surface area contributed by atoms with E-state index in [1.165, 1.54) is 63.4 Å². The summed E-state index contributed by atoms with van der Waals surface area (Å²) in [4.78, 5) is 159. The lowest BCUT2D eigenvalue weighted by atomic mass is 9.82. The van der Waals surface area contributed by atoms with Gasteiger partial charge in [0.1, 0.15) is 65.6 Å². The van der Waals surface area contributed by atoms with Crippen LogP contribution in [0.1, 0.15) is 169 Å². The van der Waals surface area contributed by atoms with Gasteiger partial charge in [0.2, 0.25) is 17.7 Å². The Morgan fingerprint density at radius 3 is 1.39 bits per heavy atom. The number of aldehydes is 1. The summed E-state index contributed by atoms with van der Waals surface area (Å²) in [5, 5.41) is 29.0. The molecule has 0 spiro atoms. The van der Waals surface area contributed by atoms with Crippen molar-refractivity contribution in [1.82, 2.24) is 71.4 Å². The number of carboxylic acids is 1. The van der Waals surface area contributed by atoms with E-state index in [9.17, 15) is 57.8 Å². The highest BCUT2D eigenvalue weighted by molar-refractivity contribution is 6.31. The van der Waals surface area contributed by atoms with E-state index in [4.69, 9.17) is 49.0 Å². The van der Waals surface area contributed by atoms with Crippen LogP contribution < -0.4 is 31.9 Å². The quantitative estimate of drug-likeness (QED) is 0.0217. The number of ether oxygens (including phenoxy) is 4. The Balaban J connectivity index is 0.000000246. The third kappa shape index (κ3) is 31.3. The molecule has 10 rings (SSSR count). The normalized spacial score (nSPS) is 18.6. The van der Waals surface area contributed by atoms with Crippen LogP contribution in [0.15, 0.2) is 110 Å². The second-order valence-corrected chi connectivity index (χ2v) is 33.0. The van der Waals surface area contributed by atoms with Gasteiger partial charge in [0, 0.05) is 111 Å². The van der Waals surface area contributed by atoms with Crippen LogP contribution in [0.25, 0.3) is 0 Å². The van der Waals surface area contributed by atoms with Crippen LogP contribution in [0.4, 0.5) is 4.79 Å². The monoisotopic (exact) mass is 1650 g/mol. The molecule has 7 N–H and O–H groups in total. The van der Waals surface area contributed by atoms with Crippen molar-refractivity contribution < 1.29 is 76.8 Å². The lowest BCUT2D eigenvalue weighted by Crippen LogP contribution is -2.64. The van der Waals surface area contributed by atoms with Crippen molar-refractivity contribution in [3.8, 4) is 0 Å². The largest absolute Gasteiger partial charge is 0.480 e. The zero-order valence-electron chi connectivity index (χ0n) is 67.8. The average molecular weight is 1660 g/mol. The summed E-state index contributed by atoms with van der Waals surface area (Å²) in [7, 11) is 4.09. The van der Waals surface area contributed by atoms with Gasteiger partial charge in [-0.1, -0.05) is 151 Å². The molecule has 3 aromatic carbocycles. The number of carbonyl (C=O) groups is 11. The number of rotatable bonds is 20. The third-order valence-corrected chi connectivity index (χ3v) is 20.5. The molecule has 628 valence electrons. The summed E-state index contributed by atoms with van der Waals surface area (Å²) in [6.07, 6.45) is 18.1. The molecule has 0 bridgehead atoms. The molecule has 5 aromatic rings. The molecule has 5 heterocycles. The Labute approximate surface area is 688 Å². The topological polar surface area (TPSA) is 382 Å². The maximum atomic E-state index is 14.1. The number of amides is 6. The molecular weight excluding hydrogens is 1540 g/mol. The Morgan fingerprint density at radius 2 is 0.974 bits per heavy atom. The van der Waals surface area contributed by atoms with Gasteiger partial charge in [0.05, 0.1) is 40.3 Å². The van der Waals surface area contributed by atoms with Gasteiger partial charge in [-0.2, -0.15) is 0 Å². The molecule has 115 heavy (non-hydrogen) atoms. The van der Waals surface area contributed by atoms with Gasteiger partial charge in [-0.3, -0.25) is 62.9 Å². The van der Waals surface area contributed by atoms with Gasteiger partial charge >= 0.3 is 30.0 Å². The number of nitrogens with zero attached hydrogens (tertiary/aromatic N) is 8. The number of piperazine rings is 3. The van der Waals surface area contributed by atoms with Crippen LogP contribution in [-0.4, -0.2) is 239 Å². The number of aliphatic carboxylic acids is 1. The van der Waals surface area contributed by atoms with Crippen molar-refractivity contribution in [1.29, 1.82) is 0 Å². The minimum atomic E-state index is -1.10. The van der Waals surface area contributed by atoms with Crippen LogP contribution in [0.3, 0.4) is 0 Å². The predicted molar refractivity (Wildman–Crippen MR) is 433 cm³/mol. The Hall–Kier alpha value is -9.30. The molecule has 33 heteroatoms. The number of nitrogens with one attached hydrogen (secondary N) is 6. The van der Waals surface area contributed by atoms with E-state index in [0.29, 0.717) is 54.9 Å². The van der Waals surface area contributed by atoms with Gasteiger partial charge in [-0.05, 0) is 117 Å². The van der Waals surface area contributed by atoms with Crippen LogP contribution in [0, 0.1) is 22.7 Å². The molecule has 0 radical (unpaired) electrons. The first-order valence-electron chi connectivity index (χ1n) is 38.6. The Kier molecular flexibility index (Phi) is 38.2. The maximum absolute atomic E-state index is 14.1. The molecule has 5 aliphatic rings. The van der Waals surface area contributed by atoms with E-state index in [-0.39, 0.29) is 60.2 Å². The van der Waals surface area contributed by atoms with Gasteiger partial charge < -0.3 is 65.8 Å². The van der Waals surface area contributed by atoms with Crippen molar-refractivity contribution in [2.24, 2.45) is 22.7 Å². The average Bonchev–Trinajstić information content (AvgIpc) is 0.802. The van der Waals surface area contributed by atoms with Crippen molar-refractivity contribution in [3.63, 3.8) is 0 Å². The summed E-state index contributed by atoms with van der Waals surface area (Å²) in [5.41, 5.74) is 1.19. The number of carboxylic acid groups (broad SMARTS) is 1. The number of esters is 3. The summed E-state index contributed by atoms with van der Waals surface area (Å²) in [6.45, 7) is 22.2. The number of hydrogen-bond acceptors (Lipinski definition) is 23. The predicted octanol–water partition coefficient (Wildman–Crippen LogP) is 8.80. The van der Waals surface area contributed by atoms with Gasteiger partial charge in [-0.15, -0.1) is 0 Å². The van der Waals surface area contributed by atoms with E-state index >= 15 is 0 Å². The molecule has 30 nitrogen and oxygen atoms in total. The molecule has 2 saturated carbocycles. The van der Waals surface area contributed by atoms with E-state index < -0.39 is 94.3 Å². The number of aromatic nitrogens is 4. The maximum Gasteiger partial charge on any atom is 0.410 e. The smallest absolute Gasteiger partial charge is 0.410 e. The molecule has 2 aromatic heterocycles. The van der Waals surface area contributed by atoms with E-state index in [2.05, 4.69) is 61.5 Å². The Bertz CT molecular complexity index is 3960. The lowest BCUT2D eigenvalue weighted by molar-refractivity contribution is -0.154. The van der Waals surface area contributed by atoms with Gasteiger partial charge in [-0.25, -0.2) is 19.6 Å². The fourth-order valence-electron chi connectivity index (χ4n) is 13.5. The molecule has 3 saturated heterocycles. The van der Waals surface area contributed by atoms with Gasteiger partial charge in [0.25, 0.3) is 11.8 Å². The minimum absolute atomic E-state index is 0.0335. The number of carbonyl (C=O) groups excluding carboxylic acids is 10. The molecule has 3 aliphatic heterocycles. The second kappa shape index (κ2) is 46.4. The van der Waals surface area contributed by atoms with E-state index in [0.717, 1.165) is 106 Å². The Morgan fingerprint density at radius 1 is 0.530 bits per heavy atom. The number of halogens is 3. The first-order valence-corrected chi connectivity index (χ1v) is 39.8. The molecule has 5 fully saturated rings. The van der Waals surface area contributed by atoms with Crippen LogP contribution >= 0.6 is 34.8 Å². The number of hydrogen-bond donors (Lipinski definition) is 7. The second-order valence-electron chi connectivity index (χ2n) is 31.7. The standard InChI is InChI=1S/C32H43ClN6O5.C19H28N4O4.C13H17ClN2O2.C11H20N2O4.C7H5ClO/c1-32(2,3)27(37-29(41)26(22-8-6-5-7-9-22)36-28(40)24-18-34-14-15-35-24)30(42)39-17-16-38(25(20-39)31(43)44-4)19-21-10-12-23(33)13-11-21;1-19(2,3)15(18(26)27)23-17(25)14(12-7-5-4-6-8-12)22-16(24)13-11-20-9-10-21-13;1-18-13(17)12-8-15-6-7-16(12)9-10-2-4-11(14)5-3-10;1-11(2,3)17-10(15)13-6-5-12-8(7-13)9(14)16-4;8-7-3-1-6(5-9)2-4-7/h10-15,18,22,25-27H,5-9,16-17,19-20H2,1-4H3,(H,36,40)(H,37,41);9-12,14-15H,4-8H2,1-3H3,(H,22,24)(H,23,25)(H,26,27);2-5,12,15H,6-9H2,1H3;8,12H,5-7H2,1-4H3;1-5H/t25-,26+,27-;14-,15+;12-;8-;/m1011./s1. The third-order valence-electron chi connectivity index (χ3n) is 19.8. The van der Waals surface area contributed by atoms with Crippen LogP contribution in [0.5, 0.6) is 0 Å². The molecule has 6 amide bonds. The summed E-state index contributed by atoms with van der Waals surface area (Å²) in [5.74, 6) is -4.32. The SMILES string of the molecule is CC(C)(C)[C@H](NC(=O)[C@@H](NC(=O)c1cnccn1)C1CCCCC1)C(=O)O.COC(=O)[C@H]1CN(C(=O)OC(C)(C)C)CCN1.COC(=O)[C@H]1CN(C(=O)[C@@H](NC(=O)[C@@H](NC(=O)c2cnccn2)C2CCCCC2)C(C)(C)C)CCN1Cc1ccc(Cl)cc1.COC(=O)[C@H]1CNCCN1Cc1ccc(Cl)cc1.O=Cc1ccc(Cl)cc1. The fraction of sp³-hybridized carbons (Fsp3) is 0.549. The first kappa shape index (κ1) is 94.6. The molecular formula is C82H113Cl3N14O16.